The lowest BCUT2D eigenvalue weighted by Gasteiger charge is -2.04. The first-order valence-corrected chi connectivity index (χ1v) is 9.92. The van der Waals surface area contributed by atoms with Crippen molar-refractivity contribution in [3.8, 4) is 11.4 Å². The van der Waals surface area contributed by atoms with Crippen molar-refractivity contribution in [1.82, 2.24) is 4.57 Å². The van der Waals surface area contributed by atoms with Gasteiger partial charge in [-0.2, -0.15) is 0 Å². The summed E-state index contributed by atoms with van der Waals surface area (Å²) < 4.78 is 11.0. The van der Waals surface area contributed by atoms with Crippen LogP contribution in [0.2, 0.25) is 0 Å². The number of hydrogen-bond acceptors (Lipinski definition) is 1. The van der Waals surface area contributed by atoms with Crippen molar-refractivity contribution in [3.63, 3.8) is 0 Å². The van der Waals surface area contributed by atoms with E-state index >= 15 is 0 Å². The van der Waals surface area contributed by atoms with Crippen molar-refractivity contribution < 1.29 is 8.98 Å². The topological polar surface area (TPSA) is 21.9 Å². The van der Waals surface area contributed by atoms with Gasteiger partial charge in [0.05, 0.1) is 14.1 Å². The number of hydrogen-bond donors (Lipinski definition) is 0. The van der Waals surface area contributed by atoms with Crippen LogP contribution in [-0.4, -0.2) is 4.57 Å². The van der Waals surface area contributed by atoms with Crippen LogP contribution in [-0.2, 0) is 14.1 Å². The molecule has 0 aliphatic heterocycles. The minimum absolute atomic E-state index is 0.937. The van der Waals surface area contributed by atoms with Crippen LogP contribution in [0.4, 0.5) is 0 Å². The normalized spacial score (nSPS) is 12.0. The van der Waals surface area contributed by atoms with Crippen LogP contribution in [0.3, 0.4) is 0 Å². The summed E-state index contributed by atoms with van der Waals surface area (Å²) in [6.45, 7) is 2.16. The van der Waals surface area contributed by atoms with Gasteiger partial charge in [0.1, 0.15) is 11.1 Å². The molecule has 0 aliphatic rings. The van der Waals surface area contributed by atoms with Gasteiger partial charge < -0.3 is 4.42 Å². The third kappa shape index (κ3) is 2.16. The van der Waals surface area contributed by atoms with Gasteiger partial charge in [-0.3, -0.25) is 0 Å². The highest BCUT2D eigenvalue weighted by Gasteiger charge is 2.27. The predicted molar refractivity (Wildman–Crippen MR) is 119 cm³/mol. The summed E-state index contributed by atoms with van der Waals surface area (Å²) in [5.41, 5.74) is 6.68. The molecule has 3 heteroatoms. The molecule has 0 fully saturated rings. The molecule has 0 spiro atoms. The maximum atomic E-state index is 6.51. The molecular weight excluding hydrogens is 356 g/mol. The van der Waals surface area contributed by atoms with Crippen LogP contribution >= 0.6 is 0 Å². The smallest absolute Gasteiger partial charge is 0.293 e. The van der Waals surface area contributed by atoms with Gasteiger partial charge in [0.15, 0.2) is 16.6 Å². The number of furan rings is 1. The first-order valence-electron chi connectivity index (χ1n) is 9.92. The predicted octanol–water partition coefficient (Wildman–Crippen LogP) is 6.03. The highest BCUT2D eigenvalue weighted by molar-refractivity contribution is 6.13. The Bertz CT molecular complexity index is 1540. The van der Waals surface area contributed by atoms with Gasteiger partial charge in [0, 0.05) is 10.8 Å². The van der Waals surface area contributed by atoms with Gasteiger partial charge in [-0.25, -0.2) is 9.13 Å². The standard InChI is InChI=1S/C26H21N2O/c1-16-12-13-19-20-14-17-8-4-5-9-18(17)15-23(20)29-25(19)24(16)26-27(2)21-10-6-7-11-22(21)28(26)3/h4-15H,1-3H3/q+1. The Kier molecular flexibility index (Phi) is 3.22. The first kappa shape index (κ1) is 16.4. The van der Waals surface area contributed by atoms with Gasteiger partial charge in [-0.15, -0.1) is 0 Å². The van der Waals surface area contributed by atoms with E-state index in [-0.39, 0.29) is 0 Å². The molecule has 6 aromatic rings. The Morgan fingerprint density at radius 3 is 2.34 bits per heavy atom. The third-order valence-electron chi connectivity index (χ3n) is 6.18. The lowest BCUT2D eigenvalue weighted by Crippen LogP contribution is -2.30. The monoisotopic (exact) mass is 377 g/mol. The largest absolute Gasteiger partial charge is 0.455 e. The van der Waals surface area contributed by atoms with Gasteiger partial charge in [-0.1, -0.05) is 48.5 Å². The van der Waals surface area contributed by atoms with E-state index in [2.05, 4.69) is 103 Å². The summed E-state index contributed by atoms with van der Waals surface area (Å²) in [5, 5.41) is 4.77. The number of benzene rings is 4. The fourth-order valence-electron chi connectivity index (χ4n) is 4.72. The van der Waals surface area contributed by atoms with E-state index < -0.39 is 0 Å². The van der Waals surface area contributed by atoms with Crippen molar-refractivity contribution in [3.05, 3.63) is 78.4 Å². The Morgan fingerprint density at radius 2 is 1.55 bits per heavy atom. The number of para-hydroxylation sites is 2. The molecule has 6 rings (SSSR count). The zero-order valence-electron chi connectivity index (χ0n) is 16.7. The summed E-state index contributed by atoms with van der Waals surface area (Å²) in [4.78, 5) is 0. The minimum Gasteiger partial charge on any atom is -0.455 e. The first-order chi connectivity index (χ1) is 14.1. The average molecular weight is 377 g/mol. The molecule has 140 valence electrons. The van der Waals surface area contributed by atoms with Crippen LogP contribution in [0.25, 0.3) is 55.1 Å². The quantitative estimate of drug-likeness (QED) is 0.321. The van der Waals surface area contributed by atoms with Crippen molar-refractivity contribution in [2.45, 2.75) is 6.92 Å². The molecule has 0 amide bonds. The fraction of sp³-hybridized carbons (Fsp3) is 0.115. The lowest BCUT2D eigenvalue weighted by atomic mass is 10.0. The number of nitrogens with zero attached hydrogens (tertiary/aromatic N) is 2. The van der Waals surface area contributed by atoms with E-state index in [9.17, 15) is 0 Å². The molecular formula is C26H21N2O+. The number of aromatic nitrogens is 2. The summed E-state index contributed by atoms with van der Waals surface area (Å²) >= 11 is 0. The Labute approximate surface area is 168 Å². The van der Waals surface area contributed by atoms with Crippen LogP contribution in [0.5, 0.6) is 0 Å². The Balaban J connectivity index is 1.77. The summed E-state index contributed by atoms with van der Waals surface area (Å²) in [5.74, 6) is 1.15. The maximum absolute atomic E-state index is 6.51. The van der Waals surface area contributed by atoms with Crippen molar-refractivity contribution in [2.75, 3.05) is 0 Å². The van der Waals surface area contributed by atoms with Crippen molar-refractivity contribution in [2.24, 2.45) is 14.1 Å². The molecule has 2 aromatic heterocycles. The van der Waals surface area contributed by atoms with Crippen molar-refractivity contribution >= 4 is 43.7 Å². The number of aryl methyl sites for hydroxylation is 3. The van der Waals surface area contributed by atoms with E-state index in [1.165, 1.54) is 32.8 Å². The molecule has 0 saturated heterocycles. The van der Waals surface area contributed by atoms with Crippen LogP contribution in [0.1, 0.15) is 5.56 Å². The molecule has 0 atom stereocenters. The van der Waals surface area contributed by atoms with Gasteiger partial charge >= 0.3 is 0 Å². The average Bonchev–Trinajstić information content (AvgIpc) is 3.22. The molecule has 0 unspecified atom stereocenters. The minimum atomic E-state index is 0.937. The second-order valence-corrected chi connectivity index (χ2v) is 7.86. The van der Waals surface area contributed by atoms with Gasteiger partial charge in [0.25, 0.3) is 5.82 Å². The molecule has 0 bridgehead atoms. The van der Waals surface area contributed by atoms with Crippen LogP contribution in [0, 0.1) is 6.92 Å². The zero-order valence-corrected chi connectivity index (χ0v) is 16.7. The second kappa shape index (κ2) is 5.71. The zero-order chi connectivity index (χ0) is 19.7. The van der Waals surface area contributed by atoms with E-state index in [0.717, 1.165) is 27.9 Å². The number of imidazole rings is 1. The second-order valence-electron chi connectivity index (χ2n) is 7.86. The van der Waals surface area contributed by atoms with E-state index in [4.69, 9.17) is 4.42 Å². The Morgan fingerprint density at radius 1 is 0.828 bits per heavy atom. The van der Waals surface area contributed by atoms with E-state index in [1.807, 2.05) is 0 Å². The molecule has 0 aliphatic carbocycles. The van der Waals surface area contributed by atoms with E-state index in [1.54, 1.807) is 0 Å². The number of fused-ring (bicyclic) bond motifs is 5. The molecule has 4 aromatic carbocycles. The van der Waals surface area contributed by atoms with Gasteiger partial charge in [-0.05, 0) is 47.5 Å². The molecule has 0 radical (unpaired) electrons. The summed E-state index contributed by atoms with van der Waals surface area (Å²) in [6.07, 6.45) is 0. The third-order valence-corrected chi connectivity index (χ3v) is 6.18. The molecule has 3 nitrogen and oxygen atoms in total. The van der Waals surface area contributed by atoms with Crippen molar-refractivity contribution in [1.29, 1.82) is 0 Å². The molecule has 0 N–H and O–H groups in total. The maximum Gasteiger partial charge on any atom is 0.293 e. The summed E-state index contributed by atoms with van der Waals surface area (Å²) in [6, 6.07) is 25.8. The number of rotatable bonds is 1. The van der Waals surface area contributed by atoms with Crippen LogP contribution < -0.4 is 4.57 Å². The van der Waals surface area contributed by atoms with Crippen LogP contribution in [0.15, 0.2) is 77.2 Å². The fourth-order valence-corrected chi connectivity index (χ4v) is 4.72. The SMILES string of the molecule is Cc1ccc2c(oc3cc4ccccc4cc32)c1-c1n(C)c2ccccc2[n+]1C. The lowest BCUT2D eigenvalue weighted by molar-refractivity contribution is -0.634. The van der Waals surface area contributed by atoms with Gasteiger partial charge in [0.2, 0.25) is 0 Å². The van der Waals surface area contributed by atoms with E-state index in [0.29, 0.717) is 0 Å². The highest BCUT2D eigenvalue weighted by atomic mass is 16.3. The molecule has 0 saturated carbocycles. The highest BCUT2D eigenvalue weighted by Crippen LogP contribution is 2.39. The Hall–Kier alpha value is -3.59. The molecule has 2 heterocycles. The summed E-state index contributed by atoms with van der Waals surface area (Å²) in [7, 11) is 4.26. The molecule has 29 heavy (non-hydrogen) atoms.